The van der Waals surface area contributed by atoms with Gasteiger partial charge in [-0.05, 0) is 42.5 Å². The summed E-state index contributed by atoms with van der Waals surface area (Å²) in [4.78, 5) is 39.0. The van der Waals surface area contributed by atoms with E-state index in [0.717, 1.165) is 6.26 Å². The third-order valence-corrected chi connectivity index (χ3v) is 4.67. The monoisotopic (exact) mass is 447 g/mol. The van der Waals surface area contributed by atoms with Crippen LogP contribution in [0.5, 0.6) is 0 Å². The molecule has 3 aromatic rings. The van der Waals surface area contributed by atoms with Gasteiger partial charge in [0.25, 0.3) is 11.5 Å². The van der Waals surface area contributed by atoms with Crippen LogP contribution in [0.2, 0.25) is 0 Å². The van der Waals surface area contributed by atoms with Crippen LogP contribution in [0.1, 0.15) is 10.4 Å². The fourth-order valence-electron chi connectivity index (χ4n) is 2.81. The summed E-state index contributed by atoms with van der Waals surface area (Å²) in [5, 5.41) is 7.97. The summed E-state index contributed by atoms with van der Waals surface area (Å²) in [6.45, 7) is 0. The number of fused-ring (bicyclic) bond motifs is 1. The minimum absolute atomic E-state index is 0.213. The maximum Gasteiger partial charge on any atom is 0.332 e. The van der Waals surface area contributed by atoms with Crippen LogP contribution in [0.15, 0.2) is 47.3 Å². The van der Waals surface area contributed by atoms with E-state index < -0.39 is 33.3 Å². The van der Waals surface area contributed by atoms with Crippen LogP contribution in [0, 0.1) is 5.82 Å². The number of carbonyl (C=O) groups excluding carboxylic acids is 2. The van der Waals surface area contributed by atoms with Gasteiger partial charge >= 0.3 is 6.03 Å². The summed E-state index contributed by atoms with van der Waals surface area (Å²) in [5.74, 6) is -1.24. The highest BCUT2D eigenvalue weighted by molar-refractivity contribution is 7.89. The highest BCUT2D eigenvalue weighted by Gasteiger charge is 2.15. The molecule has 3 rings (SSSR count). The number of hydrogen-bond acceptors (Lipinski definition) is 6. The molecule has 0 saturated carbocycles. The molecule has 0 radical (unpaired) electrons. The van der Waals surface area contributed by atoms with Gasteiger partial charge in [0.15, 0.2) is 0 Å². The van der Waals surface area contributed by atoms with E-state index in [0.29, 0.717) is 22.3 Å². The second kappa shape index (κ2) is 8.44. The van der Waals surface area contributed by atoms with Crippen molar-refractivity contribution in [2.45, 2.75) is 0 Å². The average molecular weight is 447 g/mol. The number of benzene rings is 2. The average Bonchev–Trinajstić information content (AvgIpc) is 2.67. The van der Waals surface area contributed by atoms with Gasteiger partial charge in [-0.15, -0.1) is 0 Å². The predicted molar refractivity (Wildman–Crippen MR) is 115 cm³/mol. The molecular weight excluding hydrogens is 429 g/mol. The van der Waals surface area contributed by atoms with E-state index in [1.807, 2.05) is 0 Å². The SMILES string of the molecule is CNc1cc(F)cc2cc(C(=O)Nc3ccc(NC(=O)NS(C)(=O)=O)cc3)c(=O)[nH]c12. The van der Waals surface area contributed by atoms with Crippen molar-refractivity contribution in [2.24, 2.45) is 0 Å². The molecule has 0 fully saturated rings. The molecule has 2 aromatic carbocycles. The smallest absolute Gasteiger partial charge is 0.332 e. The maximum absolute atomic E-state index is 13.8. The van der Waals surface area contributed by atoms with Gasteiger partial charge in [-0.3, -0.25) is 9.59 Å². The number of H-pyrrole nitrogens is 1. The molecule has 1 aromatic heterocycles. The molecule has 162 valence electrons. The third-order valence-electron chi connectivity index (χ3n) is 4.11. The van der Waals surface area contributed by atoms with Crippen molar-refractivity contribution in [3.05, 3.63) is 64.2 Å². The molecule has 0 bridgehead atoms. The first-order valence-corrected chi connectivity index (χ1v) is 10.7. The molecule has 0 aliphatic heterocycles. The highest BCUT2D eigenvalue weighted by atomic mass is 32.2. The lowest BCUT2D eigenvalue weighted by Gasteiger charge is -2.10. The molecule has 5 N–H and O–H groups in total. The van der Waals surface area contributed by atoms with Crippen molar-refractivity contribution in [3.63, 3.8) is 0 Å². The second-order valence-electron chi connectivity index (χ2n) is 6.54. The minimum atomic E-state index is -3.70. The number of aromatic amines is 1. The number of urea groups is 1. The second-order valence-corrected chi connectivity index (χ2v) is 8.29. The molecule has 10 nitrogen and oxygen atoms in total. The molecule has 0 aliphatic rings. The van der Waals surface area contributed by atoms with Crippen LogP contribution < -0.4 is 26.2 Å². The molecule has 3 amide bonds. The number of anilines is 3. The zero-order chi connectivity index (χ0) is 22.8. The Labute approximate surface area is 175 Å². The van der Waals surface area contributed by atoms with Crippen LogP contribution in [0.25, 0.3) is 10.9 Å². The zero-order valence-electron chi connectivity index (χ0n) is 16.4. The van der Waals surface area contributed by atoms with Crippen LogP contribution in [0.3, 0.4) is 0 Å². The molecule has 0 aliphatic carbocycles. The first-order valence-electron chi connectivity index (χ1n) is 8.80. The van der Waals surface area contributed by atoms with Gasteiger partial charge in [0.2, 0.25) is 10.0 Å². The summed E-state index contributed by atoms with van der Waals surface area (Å²) >= 11 is 0. The minimum Gasteiger partial charge on any atom is -0.386 e. The highest BCUT2D eigenvalue weighted by Crippen LogP contribution is 2.23. The summed E-state index contributed by atoms with van der Waals surface area (Å²) in [6, 6.07) is 8.53. The van der Waals surface area contributed by atoms with E-state index >= 15 is 0 Å². The standard InChI is InChI=1S/C19H18FN5O5S/c1-21-15-9-11(20)7-10-8-14(18(27)24-16(10)15)17(26)22-12-3-5-13(6-4-12)23-19(28)25-31(2,29)30/h3-9,21H,1-2H3,(H,22,26)(H,24,27)(H2,23,25,28). The van der Waals surface area contributed by atoms with Crippen molar-refractivity contribution in [1.29, 1.82) is 0 Å². The number of pyridine rings is 1. The van der Waals surface area contributed by atoms with Crippen molar-refractivity contribution >= 4 is 49.9 Å². The number of nitrogens with one attached hydrogen (secondary N) is 5. The van der Waals surface area contributed by atoms with Crippen LogP contribution in [-0.4, -0.2) is 38.6 Å². The predicted octanol–water partition coefficient (Wildman–Crippen LogP) is 2.04. The zero-order valence-corrected chi connectivity index (χ0v) is 17.2. The summed E-state index contributed by atoms with van der Waals surface area (Å²) in [5.41, 5.74) is 0.473. The molecule has 31 heavy (non-hydrogen) atoms. The van der Waals surface area contributed by atoms with E-state index in [-0.39, 0.29) is 11.3 Å². The molecule has 0 spiro atoms. The largest absolute Gasteiger partial charge is 0.386 e. The number of aromatic nitrogens is 1. The van der Waals surface area contributed by atoms with Gasteiger partial charge in [0.1, 0.15) is 11.4 Å². The Bertz CT molecular complexity index is 1340. The van der Waals surface area contributed by atoms with Crippen LogP contribution in [0.4, 0.5) is 26.2 Å². The Morgan fingerprint density at radius 2 is 1.61 bits per heavy atom. The molecule has 0 unspecified atom stereocenters. The van der Waals surface area contributed by atoms with E-state index in [4.69, 9.17) is 0 Å². The van der Waals surface area contributed by atoms with Crippen LogP contribution in [-0.2, 0) is 10.0 Å². The topological polar surface area (TPSA) is 149 Å². The van der Waals surface area contributed by atoms with Gasteiger partial charge in [0.05, 0.1) is 17.5 Å². The quantitative estimate of drug-likeness (QED) is 0.404. The maximum atomic E-state index is 13.8. The van der Waals surface area contributed by atoms with Gasteiger partial charge in [0, 0.05) is 23.8 Å². The summed E-state index contributed by atoms with van der Waals surface area (Å²) < 4.78 is 37.6. The van der Waals surface area contributed by atoms with Gasteiger partial charge < -0.3 is 20.9 Å². The van der Waals surface area contributed by atoms with Gasteiger partial charge in [-0.2, -0.15) is 0 Å². The molecular formula is C19H18FN5O5S. The van der Waals surface area contributed by atoms with E-state index in [9.17, 15) is 27.2 Å². The summed E-state index contributed by atoms with van der Waals surface area (Å²) in [6.07, 6.45) is 0.841. The number of sulfonamides is 1. The molecule has 0 saturated heterocycles. The lowest BCUT2D eigenvalue weighted by Crippen LogP contribution is -2.33. The fraction of sp³-hybridized carbons (Fsp3) is 0.105. The third kappa shape index (κ3) is 5.36. The van der Waals surface area contributed by atoms with Crippen molar-refractivity contribution in [3.8, 4) is 0 Å². The molecule has 1 heterocycles. The number of rotatable bonds is 5. The van der Waals surface area contributed by atoms with E-state index in [1.165, 1.54) is 42.5 Å². The van der Waals surface area contributed by atoms with Crippen LogP contribution >= 0.6 is 0 Å². The Morgan fingerprint density at radius 1 is 1.00 bits per heavy atom. The van der Waals surface area contributed by atoms with Crippen molar-refractivity contribution < 1.29 is 22.4 Å². The Hall–Kier alpha value is -3.93. The lowest BCUT2D eigenvalue weighted by atomic mass is 10.1. The van der Waals surface area contributed by atoms with E-state index in [1.54, 1.807) is 11.8 Å². The lowest BCUT2D eigenvalue weighted by molar-refractivity contribution is 0.102. The summed E-state index contributed by atoms with van der Waals surface area (Å²) in [7, 11) is -2.12. The first kappa shape index (κ1) is 21.8. The molecule has 0 atom stereocenters. The van der Waals surface area contributed by atoms with Crippen molar-refractivity contribution in [2.75, 3.05) is 29.3 Å². The Kier molecular flexibility index (Phi) is 5.92. The van der Waals surface area contributed by atoms with E-state index in [2.05, 4.69) is 20.9 Å². The van der Waals surface area contributed by atoms with Gasteiger partial charge in [-0.25, -0.2) is 22.3 Å². The normalized spacial score (nSPS) is 11.1. The molecule has 12 heteroatoms. The van der Waals surface area contributed by atoms with Gasteiger partial charge in [-0.1, -0.05) is 0 Å². The number of halogens is 1. The first-order chi connectivity index (χ1) is 14.6. The number of amides is 3. The Morgan fingerprint density at radius 3 is 2.19 bits per heavy atom. The number of hydrogen-bond donors (Lipinski definition) is 5. The van der Waals surface area contributed by atoms with Crippen molar-refractivity contribution in [1.82, 2.24) is 9.71 Å². The fourth-order valence-corrected chi connectivity index (χ4v) is 3.20. The number of carbonyl (C=O) groups is 2. The Balaban J connectivity index is 1.78.